The van der Waals surface area contributed by atoms with Crippen molar-refractivity contribution < 1.29 is 4.79 Å². The molecule has 0 saturated carbocycles. The van der Waals surface area contributed by atoms with Crippen LogP contribution in [-0.4, -0.2) is 15.3 Å². The number of imidazole rings is 1. The molecule has 0 aliphatic carbocycles. The van der Waals surface area contributed by atoms with Crippen LogP contribution in [0.5, 0.6) is 0 Å². The molecule has 1 aliphatic rings. The maximum absolute atomic E-state index is 12.5. The van der Waals surface area contributed by atoms with Crippen LogP contribution < -0.4 is 5.32 Å². The molecular formula is C15H17N3O. The van der Waals surface area contributed by atoms with Gasteiger partial charge < -0.3 is 9.88 Å². The number of hydrogen-bond donors (Lipinski definition) is 1. The molecule has 0 bridgehead atoms. The first kappa shape index (κ1) is 12.1. The summed E-state index contributed by atoms with van der Waals surface area (Å²) in [5, 5.41) is 3.29. The number of carbonyl (C=O) groups excluding carboxylic acids is 1. The van der Waals surface area contributed by atoms with Gasteiger partial charge in [0.2, 0.25) is 5.78 Å². The van der Waals surface area contributed by atoms with Crippen molar-refractivity contribution in [2.24, 2.45) is 0 Å². The summed E-state index contributed by atoms with van der Waals surface area (Å²) < 4.78 is 1.92. The summed E-state index contributed by atoms with van der Waals surface area (Å²) >= 11 is 0. The molecule has 4 nitrogen and oxygen atoms in total. The third kappa shape index (κ3) is 2.19. The summed E-state index contributed by atoms with van der Waals surface area (Å²) in [6, 6.07) is 5.93. The van der Waals surface area contributed by atoms with E-state index in [4.69, 9.17) is 0 Å². The van der Waals surface area contributed by atoms with Crippen LogP contribution in [0.4, 0.5) is 0 Å². The Morgan fingerprint density at radius 1 is 1.37 bits per heavy atom. The predicted molar refractivity (Wildman–Crippen MR) is 72.9 cm³/mol. The molecule has 2 heterocycles. The van der Waals surface area contributed by atoms with E-state index in [-0.39, 0.29) is 5.78 Å². The zero-order chi connectivity index (χ0) is 13.2. The summed E-state index contributed by atoms with van der Waals surface area (Å²) in [5.74, 6) is 0.543. The zero-order valence-electron chi connectivity index (χ0n) is 11.0. The van der Waals surface area contributed by atoms with Crippen molar-refractivity contribution in [2.45, 2.75) is 33.0 Å². The molecule has 98 valence electrons. The third-order valence-electron chi connectivity index (χ3n) is 3.48. The Morgan fingerprint density at radius 3 is 3.05 bits per heavy atom. The van der Waals surface area contributed by atoms with Gasteiger partial charge in [-0.15, -0.1) is 0 Å². The van der Waals surface area contributed by atoms with Crippen molar-refractivity contribution in [3.8, 4) is 0 Å². The minimum absolute atomic E-state index is 0.00755. The van der Waals surface area contributed by atoms with Crippen LogP contribution in [0.15, 0.2) is 30.6 Å². The average molecular weight is 255 g/mol. The maximum atomic E-state index is 12.5. The second kappa shape index (κ2) is 4.97. The van der Waals surface area contributed by atoms with Gasteiger partial charge in [-0.2, -0.15) is 0 Å². The molecule has 0 amide bonds. The highest BCUT2D eigenvalue weighted by Crippen LogP contribution is 2.19. The Hall–Kier alpha value is -1.94. The third-order valence-corrected chi connectivity index (χ3v) is 3.48. The molecule has 0 atom stereocenters. The van der Waals surface area contributed by atoms with E-state index < -0.39 is 0 Å². The van der Waals surface area contributed by atoms with Crippen molar-refractivity contribution in [2.75, 3.05) is 0 Å². The van der Waals surface area contributed by atoms with E-state index >= 15 is 0 Å². The molecule has 1 aromatic heterocycles. The van der Waals surface area contributed by atoms with E-state index in [0.717, 1.165) is 31.6 Å². The van der Waals surface area contributed by atoms with Crippen molar-refractivity contribution in [3.63, 3.8) is 0 Å². The fourth-order valence-electron chi connectivity index (χ4n) is 2.50. The number of hydrogen-bond acceptors (Lipinski definition) is 3. The van der Waals surface area contributed by atoms with Crippen LogP contribution >= 0.6 is 0 Å². The fraction of sp³-hybridized carbons (Fsp3) is 0.333. The molecular weight excluding hydrogens is 238 g/mol. The maximum Gasteiger partial charge on any atom is 0.228 e. The highest BCUT2D eigenvalue weighted by Gasteiger charge is 2.17. The van der Waals surface area contributed by atoms with Gasteiger partial charge in [-0.05, 0) is 23.6 Å². The second-order valence-electron chi connectivity index (χ2n) is 4.86. The molecule has 1 aromatic carbocycles. The Balaban J connectivity index is 1.93. The van der Waals surface area contributed by atoms with Crippen molar-refractivity contribution in [1.82, 2.24) is 14.9 Å². The molecule has 0 saturated heterocycles. The number of nitrogens with zero attached hydrogens (tertiary/aromatic N) is 2. The highest BCUT2D eigenvalue weighted by molar-refractivity contribution is 6.06. The van der Waals surface area contributed by atoms with Crippen LogP contribution in [0, 0.1) is 0 Å². The Labute approximate surface area is 112 Å². The standard InChI is InChI=1S/C15H17N3O/c1-2-6-18-7-5-17-15(18)14(19)11-3-4-12-9-16-10-13(12)8-11/h3-5,7-8,16H,2,6,9-10H2,1H3. The smallest absolute Gasteiger partial charge is 0.228 e. The number of aryl methyl sites for hydroxylation is 1. The number of carbonyl (C=O) groups is 1. The number of ketones is 1. The lowest BCUT2D eigenvalue weighted by molar-refractivity contribution is 0.102. The summed E-state index contributed by atoms with van der Waals surface area (Å²) in [5.41, 5.74) is 3.24. The zero-order valence-corrected chi connectivity index (χ0v) is 11.0. The predicted octanol–water partition coefficient (Wildman–Crippen LogP) is 2.13. The largest absolute Gasteiger partial charge is 0.328 e. The van der Waals surface area contributed by atoms with E-state index in [1.807, 2.05) is 29.0 Å². The molecule has 2 aromatic rings. The topological polar surface area (TPSA) is 46.9 Å². The first-order valence-corrected chi connectivity index (χ1v) is 6.68. The summed E-state index contributed by atoms with van der Waals surface area (Å²) in [6.45, 7) is 4.66. The van der Waals surface area contributed by atoms with Crippen molar-refractivity contribution in [3.05, 3.63) is 53.1 Å². The van der Waals surface area contributed by atoms with E-state index in [1.165, 1.54) is 11.1 Å². The van der Waals surface area contributed by atoms with Gasteiger partial charge in [0.15, 0.2) is 5.82 Å². The van der Waals surface area contributed by atoms with E-state index in [1.54, 1.807) is 6.20 Å². The lowest BCUT2D eigenvalue weighted by Gasteiger charge is -2.06. The van der Waals surface area contributed by atoms with E-state index in [2.05, 4.69) is 17.2 Å². The number of aromatic nitrogens is 2. The fourth-order valence-corrected chi connectivity index (χ4v) is 2.50. The first-order chi connectivity index (χ1) is 9.29. The van der Waals surface area contributed by atoms with Crippen LogP contribution in [0.25, 0.3) is 0 Å². The number of nitrogens with one attached hydrogen (secondary N) is 1. The number of benzene rings is 1. The quantitative estimate of drug-likeness (QED) is 0.851. The van der Waals surface area contributed by atoms with Crippen molar-refractivity contribution in [1.29, 1.82) is 0 Å². The monoisotopic (exact) mass is 255 g/mol. The van der Waals surface area contributed by atoms with Crippen LogP contribution in [0.2, 0.25) is 0 Å². The first-order valence-electron chi connectivity index (χ1n) is 6.68. The van der Waals surface area contributed by atoms with Crippen LogP contribution in [0.3, 0.4) is 0 Å². The normalized spacial score (nSPS) is 13.5. The Bertz CT molecular complexity index is 616. The number of rotatable bonds is 4. The Morgan fingerprint density at radius 2 is 2.21 bits per heavy atom. The van der Waals surface area contributed by atoms with Crippen molar-refractivity contribution >= 4 is 5.78 Å². The van der Waals surface area contributed by atoms with Gasteiger partial charge in [-0.3, -0.25) is 4.79 Å². The van der Waals surface area contributed by atoms with Gasteiger partial charge in [0, 0.05) is 37.6 Å². The van der Waals surface area contributed by atoms with Gasteiger partial charge in [0.05, 0.1) is 0 Å². The molecule has 1 N–H and O–H groups in total. The number of fused-ring (bicyclic) bond motifs is 1. The summed E-state index contributed by atoms with van der Waals surface area (Å²) in [4.78, 5) is 16.7. The summed E-state index contributed by atoms with van der Waals surface area (Å²) in [7, 11) is 0. The second-order valence-corrected chi connectivity index (χ2v) is 4.86. The Kier molecular flexibility index (Phi) is 3.17. The SMILES string of the molecule is CCCn1ccnc1C(=O)c1ccc2c(c1)CNC2. The van der Waals surface area contributed by atoms with Gasteiger partial charge in [-0.1, -0.05) is 19.1 Å². The molecule has 4 heteroatoms. The molecule has 1 aliphatic heterocycles. The molecule has 0 radical (unpaired) electrons. The molecule has 0 unspecified atom stereocenters. The van der Waals surface area contributed by atoms with E-state index in [9.17, 15) is 4.79 Å². The molecule has 0 fully saturated rings. The minimum Gasteiger partial charge on any atom is -0.328 e. The van der Waals surface area contributed by atoms with Gasteiger partial charge >= 0.3 is 0 Å². The van der Waals surface area contributed by atoms with Gasteiger partial charge in [0.25, 0.3) is 0 Å². The minimum atomic E-state index is 0.00755. The van der Waals surface area contributed by atoms with Gasteiger partial charge in [0.1, 0.15) is 0 Å². The molecule has 19 heavy (non-hydrogen) atoms. The lowest BCUT2D eigenvalue weighted by atomic mass is 10.0. The molecule has 3 rings (SSSR count). The highest BCUT2D eigenvalue weighted by atomic mass is 16.1. The average Bonchev–Trinajstić information content (AvgIpc) is 3.05. The van der Waals surface area contributed by atoms with Crippen LogP contribution in [-0.2, 0) is 19.6 Å². The summed E-state index contributed by atoms with van der Waals surface area (Å²) in [6.07, 6.45) is 4.55. The van der Waals surface area contributed by atoms with E-state index in [0.29, 0.717) is 5.82 Å². The lowest BCUT2D eigenvalue weighted by Crippen LogP contribution is -2.11. The van der Waals surface area contributed by atoms with Crippen LogP contribution in [0.1, 0.15) is 40.7 Å². The molecule has 0 spiro atoms. The van der Waals surface area contributed by atoms with Gasteiger partial charge in [-0.25, -0.2) is 4.98 Å².